The van der Waals surface area contributed by atoms with Gasteiger partial charge in [-0.05, 0) is 6.07 Å². The van der Waals surface area contributed by atoms with Crippen molar-refractivity contribution < 1.29 is 27.0 Å². The van der Waals surface area contributed by atoms with Gasteiger partial charge in [-0.25, -0.2) is 4.39 Å². The molecule has 2 rings (SSSR count). The lowest BCUT2D eigenvalue weighted by Crippen LogP contribution is -2.49. The van der Waals surface area contributed by atoms with Crippen molar-refractivity contribution in [3.8, 4) is 11.5 Å². The van der Waals surface area contributed by atoms with Crippen molar-refractivity contribution in [1.82, 2.24) is 10.2 Å². The first-order chi connectivity index (χ1) is 10.4. The Balaban J connectivity index is 0.00000264. The standard InChI is InChI=1S/C14H18F4N2O2.ClH/c1-21-11-7-9(10(15)8-12(11)22-2)13(14(16,17)18)20-5-3-19-4-6-20;/h7-8,13,19H,3-6H2,1-2H3;1H/t13-;/m0./s1. The van der Waals surface area contributed by atoms with Crippen LogP contribution >= 0.6 is 12.4 Å². The van der Waals surface area contributed by atoms with Crippen LogP contribution in [0.5, 0.6) is 11.5 Å². The van der Waals surface area contributed by atoms with Crippen molar-refractivity contribution in [2.45, 2.75) is 12.2 Å². The SMILES string of the molecule is COc1cc(F)c([C@H](N2CCNCC2)C(F)(F)F)cc1OC.Cl. The summed E-state index contributed by atoms with van der Waals surface area (Å²) < 4.78 is 64.6. The Hall–Kier alpha value is -1.25. The second-order valence-corrected chi connectivity index (χ2v) is 4.96. The van der Waals surface area contributed by atoms with Crippen molar-refractivity contribution in [1.29, 1.82) is 0 Å². The minimum absolute atomic E-state index is 0. The summed E-state index contributed by atoms with van der Waals surface area (Å²) in [5.41, 5.74) is -0.452. The van der Waals surface area contributed by atoms with E-state index in [1.165, 1.54) is 19.1 Å². The fourth-order valence-corrected chi connectivity index (χ4v) is 2.60. The van der Waals surface area contributed by atoms with Gasteiger partial charge in [0.25, 0.3) is 0 Å². The highest BCUT2D eigenvalue weighted by atomic mass is 35.5. The molecule has 0 saturated carbocycles. The first kappa shape index (κ1) is 19.8. The van der Waals surface area contributed by atoms with E-state index in [1.807, 2.05) is 0 Å². The zero-order valence-corrected chi connectivity index (χ0v) is 13.6. The van der Waals surface area contributed by atoms with Gasteiger partial charge in [-0.3, -0.25) is 4.90 Å². The second-order valence-electron chi connectivity index (χ2n) is 4.96. The number of nitrogens with one attached hydrogen (secondary N) is 1. The van der Waals surface area contributed by atoms with Crippen LogP contribution < -0.4 is 14.8 Å². The summed E-state index contributed by atoms with van der Waals surface area (Å²) >= 11 is 0. The average molecular weight is 359 g/mol. The van der Waals surface area contributed by atoms with E-state index in [-0.39, 0.29) is 37.0 Å². The molecular formula is C14H19ClF4N2O2. The number of halogens is 5. The van der Waals surface area contributed by atoms with Crippen LogP contribution in [0.1, 0.15) is 11.6 Å². The van der Waals surface area contributed by atoms with E-state index in [0.717, 1.165) is 12.1 Å². The van der Waals surface area contributed by atoms with Crippen LogP contribution in [0.3, 0.4) is 0 Å². The lowest BCUT2D eigenvalue weighted by molar-refractivity contribution is -0.188. The molecule has 0 unspecified atom stereocenters. The zero-order valence-electron chi connectivity index (χ0n) is 12.7. The molecule has 1 N–H and O–H groups in total. The molecule has 0 aromatic heterocycles. The quantitative estimate of drug-likeness (QED) is 0.839. The van der Waals surface area contributed by atoms with Crippen molar-refractivity contribution in [3.05, 3.63) is 23.5 Å². The van der Waals surface area contributed by atoms with Crippen LogP contribution in [-0.2, 0) is 0 Å². The van der Waals surface area contributed by atoms with Crippen LogP contribution in [0.4, 0.5) is 17.6 Å². The number of alkyl halides is 3. The van der Waals surface area contributed by atoms with Crippen LogP contribution in [0.25, 0.3) is 0 Å². The Morgan fingerprint density at radius 3 is 2.09 bits per heavy atom. The van der Waals surface area contributed by atoms with Crippen LogP contribution in [-0.4, -0.2) is 51.5 Å². The first-order valence-corrected chi connectivity index (χ1v) is 6.81. The van der Waals surface area contributed by atoms with E-state index in [4.69, 9.17) is 9.47 Å². The molecule has 1 fully saturated rings. The highest BCUT2D eigenvalue weighted by Gasteiger charge is 2.46. The van der Waals surface area contributed by atoms with Gasteiger partial charge in [0.15, 0.2) is 11.5 Å². The summed E-state index contributed by atoms with van der Waals surface area (Å²) in [4.78, 5) is 1.22. The maximum absolute atomic E-state index is 14.2. The Kier molecular flexibility index (Phi) is 6.91. The molecule has 0 bridgehead atoms. The molecule has 1 aliphatic heterocycles. The van der Waals surface area contributed by atoms with Gasteiger partial charge in [-0.1, -0.05) is 0 Å². The normalized spacial score (nSPS) is 17.3. The van der Waals surface area contributed by atoms with Gasteiger partial charge in [0.1, 0.15) is 11.9 Å². The smallest absolute Gasteiger partial charge is 0.408 e. The summed E-state index contributed by atoms with van der Waals surface area (Å²) in [6.07, 6.45) is -4.59. The molecule has 1 aromatic rings. The molecule has 9 heteroatoms. The predicted octanol–water partition coefficient (Wildman–Crippen LogP) is 2.77. The highest BCUT2D eigenvalue weighted by molar-refractivity contribution is 5.85. The van der Waals surface area contributed by atoms with Crippen molar-refractivity contribution in [2.75, 3.05) is 40.4 Å². The summed E-state index contributed by atoms with van der Waals surface area (Å²) in [7, 11) is 2.60. The number of piperazine rings is 1. The van der Waals surface area contributed by atoms with Gasteiger partial charge in [0.05, 0.1) is 14.2 Å². The number of hydrogen-bond acceptors (Lipinski definition) is 4. The second kappa shape index (κ2) is 8.03. The third-order valence-electron chi connectivity index (χ3n) is 3.62. The molecule has 23 heavy (non-hydrogen) atoms. The number of rotatable bonds is 4. The highest BCUT2D eigenvalue weighted by Crippen LogP contribution is 2.42. The summed E-state index contributed by atoms with van der Waals surface area (Å²) in [6, 6.07) is -0.0156. The Labute approximate surface area is 138 Å². The maximum Gasteiger partial charge on any atom is 0.408 e. The summed E-state index contributed by atoms with van der Waals surface area (Å²) in [5, 5.41) is 2.98. The Morgan fingerprint density at radius 2 is 1.61 bits per heavy atom. The molecule has 4 nitrogen and oxygen atoms in total. The largest absolute Gasteiger partial charge is 0.493 e. The molecular weight excluding hydrogens is 340 g/mol. The van der Waals surface area contributed by atoms with Crippen LogP contribution in [0, 0.1) is 5.82 Å². The summed E-state index contributed by atoms with van der Waals surface area (Å²) in [6.45, 7) is 1.25. The summed E-state index contributed by atoms with van der Waals surface area (Å²) in [5.74, 6) is -0.827. The molecule has 1 atom stereocenters. The number of nitrogens with zero attached hydrogens (tertiary/aromatic N) is 1. The third kappa shape index (κ3) is 4.39. The molecule has 1 aliphatic rings. The molecule has 0 radical (unpaired) electrons. The monoisotopic (exact) mass is 358 g/mol. The van der Waals surface area contributed by atoms with Crippen molar-refractivity contribution in [3.63, 3.8) is 0 Å². The van der Waals surface area contributed by atoms with Crippen molar-refractivity contribution >= 4 is 12.4 Å². The van der Waals surface area contributed by atoms with E-state index < -0.39 is 23.6 Å². The number of hydrogen-bond donors (Lipinski definition) is 1. The molecule has 1 saturated heterocycles. The van der Waals surface area contributed by atoms with Crippen LogP contribution in [0.15, 0.2) is 12.1 Å². The molecule has 0 amide bonds. The molecule has 1 heterocycles. The molecule has 132 valence electrons. The van der Waals surface area contributed by atoms with Gasteiger partial charge in [0, 0.05) is 37.8 Å². The van der Waals surface area contributed by atoms with Crippen LogP contribution in [0.2, 0.25) is 0 Å². The van der Waals surface area contributed by atoms with E-state index in [1.54, 1.807) is 0 Å². The number of ether oxygens (including phenoxy) is 2. The van der Waals surface area contributed by atoms with E-state index in [0.29, 0.717) is 13.1 Å². The topological polar surface area (TPSA) is 33.7 Å². The van der Waals surface area contributed by atoms with Gasteiger partial charge >= 0.3 is 6.18 Å². The molecule has 0 aliphatic carbocycles. The maximum atomic E-state index is 14.2. The minimum Gasteiger partial charge on any atom is -0.493 e. The van der Waals surface area contributed by atoms with Gasteiger partial charge in [-0.2, -0.15) is 13.2 Å². The molecule has 0 spiro atoms. The lowest BCUT2D eigenvalue weighted by Gasteiger charge is -2.36. The fraction of sp³-hybridized carbons (Fsp3) is 0.571. The predicted molar refractivity (Wildman–Crippen MR) is 80.0 cm³/mol. The van der Waals surface area contributed by atoms with Gasteiger partial charge in [0.2, 0.25) is 0 Å². The number of benzene rings is 1. The number of methoxy groups -OCH3 is 2. The Morgan fingerprint density at radius 1 is 1.09 bits per heavy atom. The molecule has 1 aromatic carbocycles. The van der Waals surface area contributed by atoms with Gasteiger partial charge in [-0.15, -0.1) is 12.4 Å². The van der Waals surface area contributed by atoms with E-state index in [9.17, 15) is 17.6 Å². The fourth-order valence-electron chi connectivity index (χ4n) is 2.60. The first-order valence-electron chi connectivity index (χ1n) is 6.81. The van der Waals surface area contributed by atoms with Crippen molar-refractivity contribution in [2.24, 2.45) is 0 Å². The van der Waals surface area contributed by atoms with Gasteiger partial charge < -0.3 is 14.8 Å². The van der Waals surface area contributed by atoms with E-state index >= 15 is 0 Å². The average Bonchev–Trinajstić information content (AvgIpc) is 2.48. The zero-order chi connectivity index (χ0) is 16.3. The third-order valence-corrected chi connectivity index (χ3v) is 3.62. The lowest BCUT2D eigenvalue weighted by atomic mass is 10.0. The van der Waals surface area contributed by atoms with E-state index in [2.05, 4.69) is 5.32 Å². The Bertz CT molecular complexity index is 522. The minimum atomic E-state index is -4.59.